The van der Waals surface area contributed by atoms with Crippen LogP contribution in [0.15, 0.2) is 102 Å². The SMILES string of the molecule is O=C(O)N(c1cc(CCCCOc2ccc(CCNC[C@H](O)c3ccc(O)c4[nH]c(=O)ccc34)cc2)ccc1-c1ccccc1)C1CN2CCC1CC2. The van der Waals surface area contributed by atoms with Crippen molar-refractivity contribution in [1.82, 2.24) is 15.2 Å². The number of carboxylic acid groups (broad SMARTS) is 1. The van der Waals surface area contributed by atoms with Crippen LogP contribution in [-0.4, -0.2) is 76.7 Å². The summed E-state index contributed by atoms with van der Waals surface area (Å²) in [5.74, 6) is 1.18. The van der Waals surface area contributed by atoms with Gasteiger partial charge in [-0.25, -0.2) is 4.79 Å². The average Bonchev–Trinajstić information content (AvgIpc) is 3.18. The van der Waals surface area contributed by atoms with Crippen molar-refractivity contribution in [1.29, 1.82) is 0 Å². The fourth-order valence-corrected chi connectivity index (χ4v) is 7.95. The number of ether oxygens (including phenoxy) is 1. The summed E-state index contributed by atoms with van der Waals surface area (Å²) in [6, 6.07) is 30.6. The van der Waals surface area contributed by atoms with Gasteiger partial charge < -0.3 is 35.3 Å². The Kier molecular flexibility index (Phi) is 11.4. The Hall–Kier alpha value is -5.16. The lowest BCUT2D eigenvalue weighted by Gasteiger charge is -2.48. The van der Waals surface area contributed by atoms with Gasteiger partial charge in [0.2, 0.25) is 5.56 Å². The quantitative estimate of drug-likeness (QED) is 0.0751. The van der Waals surface area contributed by atoms with Crippen molar-refractivity contribution in [2.24, 2.45) is 5.92 Å². The van der Waals surface area contributed by atoms with Gasteiger partial charge in [0.1, 0.15) is 11.5 Å². The molecule has 3 saturated heterocycles. The first kappa shape index (κ1) is 36.2. The van der Waals surface area contributed by atoms with Crippen LogP contribution in [0.2, 0.25) is 0 Å². The van der Waals surface area contributed by atoms with E-state index in [1.54, 1.807) is 17.0 Å². The van der Waals surface area contributed by atoms with Crippen LogP contribution in [-0.2, 0) is 12.8 Å². The van der Waals surface area contributed by atoms with Crippen LogP contribution in [0.5, 0.6) is 11.5 Å². The number of carbonyl (C=O) groups is 1. The minimum Gasteiger partial charge on any atom is -0.506 e. The van der Waals surface area contributed by atoms with E-state index in [-0.39, 0.29) is 17.4 Å². The number of nitrogens with one attached hydrogen (secondary N) is 2. The third kappa shape index (κ3) is 8.57. The lowest BCUT2D eigenvalue weighted by Crippen LogP contribution is -2.59. The molecule has 3 fully saturated rings. The number of H-pyrrole nitrogens is 1. The smallest absolute Gasteiger partial charge is 0.412 e. The van der Waals surface area contributed by atoms with Crippen LogP contribution < -0.4 is 20.5 Å². The fraction of sp³-hybridized carbons (Fsp3) is 0.349. The van der Waals surface area contributed by atoms with Gasteiger partial charge in [0, 0.05) is 30.1 Å². The van der Waals surface area contributed by atoms with Crippen molar-refractivity contribution in [2.45, 2.75) is 50.7 Å². The molecule has 5 N–H and O–H groups in total. The molecule has 1 amide bonds. The molecule has 2 bridgehead atoms. The number of rotatable bonds is 15. The van der Waals surface area contributed by atoms with Gasteiger partial charge in [0.15, 0.2) is 0 Å². The monoisotopic (exact) mass is 716 g/mol. The summed E-state index contributed by atoms with van der Waals surface area (Å²) in [7, 11) is 0. The van der Waals surface area contributed by atoms with Crippen molar-refractivity contribution in [3.8, 4) is 22.6 Å². The summed E-state index contributed by atoms with van der Waals surface area (Å²) in [6.45, 7) is 4.50. The highest BCUT2D eigenvalue weighted by Gasteiger charge is 2.40. The maximum atomic E-state index is 12.9. The summed E-state index contributed by atoms with van der Waals surface area (Å²) in [5.41, 5.74) is 5.69. The van der Waals surface area contributed by atoms with Gasteiger partial charge in [-0.1, -0.05) is 60.7 Å². The molecule has 1 unspecified atom stereocenters. The standard InChI is InChI=1S/C43H48N4O6/c48-39-17-15-35(36-16-18-41(50)45-42(36)39)40(49)27-44-22-19-29-9-12-33(13-10-29)53-25-5-4-6-30-11-14-34(31-7-2-1-3-8-31)37(26-30)47(43(51)52)38-28-46-23-20-32(38)21-24-46/h1-3,7-18,26,32,38,40,44,48-49H,4-6,19-25,27-28H2,(H,45,50)(H,51,52)/t38?,40-/m0/s1. The number of amides is 1. The number of nitrogens with zero attached hydrogens (tertiary/aromatic N) is 2. The highest BCUT2D eigenvalue weighted by molar-refractivity contribution is 5.94. The van der Waals surface area contributed by atoms with E-state index in [2.05, 4.69) is 57.7 Å². The van der Waals surface area contributed by atoms with Crippen molar-refractivity contribution in [3.05, 3.63) is 124 Å². The number of aromatic amines is 1. The van der Waals surface area contributed by atoms with E-state index >= 15 is 0 Å². The zero-order chi connectivity index (χ0) is 36.7. The topological polar surface area (TPSA) is 138 Å². The van der Waals surface area contributed by atoms with Crippen LogP contribution in [0, 0.1) is 5.92 Å². The molecule has 3 aliphatic rings. The van der Waals surface area contributed by atoms with E-state index in [0.717, 1.165) is 91.8 Å². The predicted octanol–water partition coefficient (Wildman–Crippen LogP) is 6.75. The molecule has 4 aromatic carbocycles. The number of fused-ring (bicyclic) bond motifs is 4. The summed E-state index contributed by atoms with van der Waals surface area (Å²) < 4.78 is 6.05. The van der Waals surface area contributed by atoms with E-state index < -0.39 is 12.2 Å². The highest BCUT2D eigenvalue weighted by atomic mass is 16.5. The van der Waals surface area contributed by atoms with Crippen LogP contribution in [0.4, 0.5) is 10.5 Å². The molecule has 53 heavy (non-hydrogen) atoms. The van der Waals surface area contributed by atoms with E-state index in [1.807, 2.05) is 30.3 Å². The molecule has 1 aromatic heterocycles. The molecule has 10 heteroatoms. The summed E-state index contributed by atoms with van der Waals surface area (Å²) in [4.78, 5) is 31.3. The second-order valence-electron chi connectivity index (χ2n) is 14.3. The number of aromatic nitrogens is 1. The largest absolute Gasteiger partial charge is 0.506 e. The Morgan fingerprint density at radius 3 is 2.43 bits per heavy atom. The number of phenolic OH excluding ortho intramolecular Hbond substituents is 1. The number of anilines is 1. The van der Waals surface area contributed by atoms with Gasteiger partial charge in [-0.15, -0.1) is 0 Å². The summed E-state index contributed by atoms with van der Waals surface area (Å²) >= 11 is 0. The summed E-state index contributed by atoms with van der Waals surface area (Å²) in [6.07, 6.45) is 3.82. The van der Waals surface area contributed by atoms with Gasteiger partial charge in [-0.2, -0.15) is 0 Å². The molecule has 3 aliphatic heterocycles. The number of aryl methyl sites for hydroxylation is 1. The van der Waals surface area contributed by atoms with E-state index in [4.69, 9.17) is 4.74 Å². The Labute approximate surface area is 309 Å². The first-order valence-electron chi connectivity index (χ1n) is 18.7. The van der Waals surface area contributed by atoms with Gasteiger partial charge in [0.05, 0.1) is 30.0 Å². The predicted molar refractivity (Wildman–Crippen MR) is 208 cm³/mol. The summed E-state index contributed by atoms with van der Waals surface area (Å²) in [5, 5.41) is 35.4. The Bertz CT molecular complexity index is 2060. The van der Waals surface area contributed by atoms with Gasteiger partial charge >= 0.3 is 6.09 Å². The van der Waals surface area contributed by atoms with Crippen LogP contribution >= 0.6 is 0 Å². The number of benzene rings is 4. The first-order valence-corrected chi connectivity index (χ1v) is 18.7. The molecular weight excluding hydrogens is 668 g/mol. The minimum absolute atomic E-state index is 0.0295. The molecule has 10 nitrogen and oxygen atoms in total. The molecule has 8 rings (SSSR count). The number of hydrogen-bond donors (Lipinski definition) is 5. The lowest BCUT2D eigenvalue weighted by molar-refractivity contribution is 0.0837. The molecule has 5 aromatic rings. The third-order valence-corrected chi connectivity index (χ3v) is 10.8. The van der Waals surface area contributed by atoms with E-state index in [1.165, 1.54) is 12.1 Å². The number of pyridine rings is 1. The van der Waals surface area contributed by atoms with Crippen LogP contribution in [0.25, 0.3) is 22.0 Å². The molecular formula is C43H48N4O6. The average molecular weight is 717 g/mol. The number of aliphatic hydroxyl groups excluding tert-OH is 1. The maximum absolute atomic E-state index is 12.9. The normalized spacial score (nSPS) is 18.5. The molecule has 0 saturated carbocycles. The highest BCUT2D eigenvalue weighted by Crippen LogP contribution is 2.39. The number of piperidine rings is 3. The molecule has 0 spiro atoms. The number of aliphatic hydroxyl groups is 1. The lowest BCUT2D eigenvalue weighted by atomic mass is 9.82. The zero-order valence-corrected chi connectivity index (χ0v) is 29.9. The van der Waals surface area contributed by atoms with E-state index in [0.29, 0.717) is 42.1 Å². The van der Waals surface area contributed by atoms with Gasteiger partial charge in [0.25, 0.3) is 0 Å². The molecule has 4 heterocycles. The fourth-order valence-electron chi connectivity index (χ4n) is 7.95. The minimum atomic E-state index is -0.882. The Morgan fingerprint density at radius 2 is 1.70 bits per heavy atom. The second kappa shape index (κ2) is 16.7. The van der Waals surface area contributed by atoms with Crippen LogP contribution in [0.1, 0.15) is 48.5 Å². The first-order chi connectivity index (χ1) is 25.8. The molecule has 0 radical (unpaired) electrons. The van der Waals surface area contributed by atoms with Gasteiger partial charge in [-0.3, -0.25) is 9.69 Å². The third-order valence-electron chi connectivity index (χ3n) is 10.8. The van der Waals surface area contributed by atoms with Crippen molar-refractivity contribution < 1.29 is 24.9 Å². The van der Waals surface area contributed by atoms with Crippen molar-refractivity contribution in [3.63, 3.8) is 0 Å². The zero-order valence-electron chi connectivity index (χ0n) is 29.9. The van der Waals surface area contributed by atoms with Crippen molar-refractivity contribution >= 4 is 22.7 Å². The van der Waals surface area contributed by atoms with E-state index in [9.17, 15) is 24.9 Å². The Morgan fingerprint density at radius 1 is 0.925 bits per heavy atom. The molecule has 0 aliphatic carbocycles. The molecule has 276 valence electrons. The number of aromatic hydroxyl groups is 1. The number of phenols is 1. The van der Waals surface area contributed by atoms with Gasteiger partial charge in [-0.05, 0) is 117 Å². The maximum Gasteiger partial charge on any atom is 0.412 e. The number of hydrogen-bond acceptors (Lipinski definition) is 7. The molecule has 2 atom stereocenters. The number of unbranched alkanes of at least 4 members (excludes halogenated alkanes) is 1. The second-order valence-corrected chi connectivity index (χ2v) is 14.3. The van der Waals surface area contributed by atoms with Crippen molar-refractivity contribution in [2.75, 3.05) is 44.2 Å². The van der Waals surface area contributed by atoms with Crippen LogP contribution in [0.3, 0.4) is 0 Å². The Balaban J connectivity index is 0.887.